The van der Waals surface area contributed by atoms with Gasteiger partial charge in [-0.15, -0.1) is 0 Å². The van der Waals surface area contributed by atoms with E-state index < -0.39 is 0 Å². The minimum atomic E-state index is -0.127. The van der Waals surface area contributed by atoms with Gasteiger partial charge >= 0.3 is 0 Å². The molecule has 2 aliphatic rings. The highest BCUT2D eigenvalue weighted by molar-refractivity contribution is 6.33. The molecule has 6 nitrogen and oxygen atoms in total. The molecule has 0 radical (unpaired) electrons. The van der Waals surface area contributed by atoms with E-state index in [1.165, 1.54) is 11.1 Å². The number of rotatable bonds is 13. The maximum absolute atomic E-state index is 13.5. The molecule has 1 heterocycles. The molecule has 0 fully saturated rings. The van der Waals surface area contributed by atoms with Crippen LogP contribution in [0.15, 0.2) is 83.1 Å². The van der Waals surface area contributed by atoms with E-state index in [0.29, 0.717) is 41.6 Å². The molecule has 0 aromatic heterocycles. The summed E-state index contributed by atoms with van der Waals surface area (Å²) in [4.78, 5) is 13.5. The zero-order valence-corrected chi connectivity index (χ0v) is 25.9. The van der Waals surface area contributed by atoms with Gasteiger partial charge in [0.25, 0.3) is 0 Å². The van der Waals surface area contributed by atoms with E-state index in [9.17, 15) is 4.79 Å². The van der Waals surface area contributed by atoms with Crippen LogP contribution in [-0.4, -0.2) is 37.2 Å². The van der Waals surface area contributed by atoms with Gasteiger partial charge < -0.3 is 20.7 Å². The summed E-state index contributed by atoms with van der Waals surface area (Å²) in [6.45, 7) is 9.92. The highest BCUT2D eigenvalue weighted by Crippen LogP contribution is 2.34. The number of aryl methyl sites for hydroxylation is 1. The fourth-order valence-corrected chi connectivity index (χ4v) is 5.59. The van der Waals surface area contributed by atoms with Gasteiger partial charge in [-0.2, -0.15) is 5.26 Å². The first-order valence-corrected chi connectivity index (χ1v) is 15.4. The molecule has 4 atom stereocenters. The van der Waals surface area contributed by atoms with Crippen LogP contribution >= 0.6 is 11.6 Å². The van der Waals surface area contributed by atoms with Gasteiger partial charge in [-0.3, -0.25) is 4.79 Å². The van der Waals surface area contributed by atoms with E-state index in [4.69, 9.17) is 21.6 Å². The minimum absolute atomic E-state index is 0.0232. The number of ether oxygens (including phenoxy) is 1. The molecule has 3 N–H and O–H groups in total. The maximum atomic E-state index is 13.5. The summed E-state index contributed by atoms with van der Waals surface area (Å²) in [5.74, 6) is 0.882. The molecule has 0 spiro atoms. The topological polar surface area (TPSA) is 86.2 Å². The first-order chi connectivity index (χ1) is 20.2. The second kappa shape index (κ2) is 15.2. The van der Waals surface area contributed by atoms with Crippen molar-refractivity contribution in [2.24, 2.45) is 5.92 Å². The lowest BCUT2D eigenvalue weighted by atomic mass is 9.88. The molecule has 4 rings (SSSR count). The predicted molar refractivity (Wildman–Crippen MR) is 170 cm³/mol. The predicted octanol–water partition coefficient (Wildman–Crippen LogP) is 6.37. The number of carbonyl (C=O) groups is 1. The fraction of sp³-hybridized carbons (Fsp3) is 0.429. The Morgan fingerprint density at radius 2 is 1.83 bits per heavy atom. The van der Waals surface area contributed by atoms with E-state index in [1.807, 2.05) is 30.3 Å². The van der Waals surface area contributed by atoms with Crippen LogP contribution in [0.25, 0.3) is 0 Å². The molecule has 0 saturated carbocycles. The zero-order chi connectivity index (χ0) is 30.1. The molecule has 1 amide bonds. The van der Waals surface area contributed by atoms with Crippen molar-refractivity contribution in [2.75, 3.05) is 13.1 Å². The van der Waals surface area contributed by atoms with Gasteiger partial charge in [0, 0.05) is 41.1 Å². The third-order valence-corrected chi connectivity index (χ3v) is 8.31. The summed E-state index contributed by atoms with van der Waals surface area (Å²) in [7, 11) is 0. The van der Waals surface area contributed by atoms with Crippen LogP contribution in [0.3, 0.4) is 0 Å². The quantitative estimate of drug-likeness (QED) is 0.254. The smallest absolute Gasteiger partial charge is 0.248 e. The Morgan fingerprint density at radius 1 is 1.10 bits per heavy atom. The zero-order valence-electron chi connectivity index (χ0n) is 25.1. The summed E-state index contributed by atoms with van der Waals surface area (Å²) in [6, 6.07) is 18.8. The molecule has 1 aliphatic heterocycles. The van der Waals surface area contributed by atoms with E-state index in [1.54, 1.807) is 0 Å². The average molecular weight is 587 g/mol. The third kappa shape index (κ3) is 9.06. The van der Waals surface area contributed by atoms with Crippen LogP contribution in [0.2, 0.25) is 0 Å². The van der Waals surface area contributed by atoms with Crippen molar-refractivity contribution >= 4 is 17.5 Å². The number of benzene rings is 2. The Balaban J connectivity index is 1.32. The van der Waals surface area contributed by atoms with Crippen molar-refractivity contribution in [3.05, 3.63) is 105 Å². The Bertz CT molecular complexity index is 1340. The van der Waals surface area contributed by atoms with Crippen LogP contribution in [0.5, 0.6) is 0 Å². The van der Waals surface area contributed by atoms with Crippen molar-refractivity contribution in [2.45, 2.75) is 77.6 Å². The van der Waals surface area contributed by atoms with E-state index in [2.05, 4.69) is 86.1 Å². The second-order valence-electron chi connectivity index (χ2n) is 11.7. The number of nitriles is 1. The van der Waals surface area contributed by atoms with E-state index >= 15 is 0 Å². The van der Waals surface area contributed by atoms with Gasteiger partial charge in [0.05, 0.1) is 18.2 Å². The lowest BCUT2D eigenvalue weighted by molar-refractivity contribution is -0.118. The first-order valence-electron chi connectivity index (χ1n) is 15.0. The molecule has 7 heteroatoms. The number of halogens is 1. The number of amides is 1. The van der Waals surface area contributed by atoms with Crippen molar-refractivity contribution in [3.8, 4) is 6.07 Å². The van der Waals surface area contributed by atoms with Gasteiger partial charge in [0.15, 0.2) is 0 Å². The summed E-state index contributed by atoms with van der Waals surface area (Å²) < 4.78 is 6.34. The molecular weight excluding hydrogens is 544 g/mol. The number of nitrogens with zero attached hydrogens (tertiary/aromatic N) is 1. The number of carbonyl (C=O) groups excluding carboxylic acids is 1. The normalized spacial score (nSPS) is 19.7. The standard InChI is InChI=1S/C35H43ClN4O2/c1-23(2)38-18-17-30(19-26-7-9-27(21-37)10-8-26)40-35(41)32-20-29(13-15-33(32)36)34-16-14-31(42-34)22-39-25(4)28-11-5-24(3)6-12-28/h5-15,23,25,29-30,34,38-39H,16-20,22H2,1-4H3,(H,40,41)/t25?,29?,30-,34?/m0/s1. The van der Waals surface area contributed by atoms with Crippen molar-refractivity contribution in [3.63, 3.8) is 0 Å². The lowest BCUT2D eigenvalue weighted by Crippen LogP contribution is -2.41. The van der Waals surface area contributed by atoms with E-state index in [0.717, 1.165) is 30.7 Å². The highest BCUT2D eigenvalue weighted by Gasteiger charge is 2.31. The second-order valence-corrected chi connectivity index (χ2v) is 12.1. The van der Waals surface area contributed by atoms with Crippen LogP contribution in [0.4, 0.5) is 0 Å². The maximum Gasteiger partial charge on any atom is 0.248 e. The molecule has 42 heavy (non-hydrogen) atoms. The van der Waals surface area contributed by atoms with Gasteiger partial charge in [-0.1, -0.05) is 73.5 Å². The molecule has 0 saturated heterocycles. The van der Waals surface area contributed by atoms with Gasteiger partial charge in [-0.05, 0) is 75.1 Å². The van der Waals surface area contributed by atoms with Crippen molar-refractivity contribution in [1.29, 1.82) is 5.26 Å². The van der Waals surface area contributed by atoms with Gasteiger partial charge in [0.1, 0.15) is 11.9 Å². The Labute approximate surface area is 255 Å². The lowest BCUT2D eigenvalue weighted by Gasteiger charge is -2.27. The fourth-order valence-electron chi connectivity index (χ4n) is 5.35. The molecule has 222 valence electrons. The largest absolute Gasteiger partial charge is 0.493 e. The first kappa shape index (κ1) is 31.6. The molecular formula is C35H43ClN4O2. The summed E-state index contributed by atoms with van der Waals surface area (Å²) in [5.41, 5.74) is 4.81. The Hall–Kier alpha value is -3.37. The summed E-state index contributed by atoms with van der Waals surface area (Å²) in [6.07, 6.45) is 8.85. The molecule has 2 aromatic carbocycles. The van der Waals surface area contributed by atoms with Crippen LogP contribution in [-0.2, 0) is 16.0 Å². The molecule has 1 aliphatic carbocycles. The van der Waals surface area contributed by atoms with Crippen LogP contribution < -0.4 is 16.0 Å². The monoisotopic (exact) mass is 586 g/mol. The SMILES string of the molecule is Cc1ccc(C(C)NCC2=CCC(C3C=CC(Cl)=C(C(=O)N[C@@H](CCNC(C)C)Cc4ccc(C#N)cc4)C3)O2)cc1. The van der Waals surface area contributed by atoms with Gasteiger partial charge in [-0.25, -0.2) is 0 Å². The van der Waals surface area contributed by atoms with Crippen molar-refractivity contribution in [1.82, 2.24) is 16.0 Å². The van der Waals surface area contributed by atoms with Gasteiger partial charge in [0.2, 0.25) is 5.91 Å². The Kier molecular flexibility index (Phi) is 11.4. The van der Waals surface area contributed by atoms with E-state index in [-0.39, 0.29) is 30.0 Å². The highest BCUT2D eigenvalue weighted by atomic mass is 35.5. The average Bonchev–Trinajstić information content (AvgIpc) is 3.45. The Morgan fingerprint density at radius 3 is 2.52 bits per heavy atom. The van der Waals surface area contributed by atoms with Crippen LogP contribution in [0, 0.1) is 24.2 Å². The van der Waals surface area contributed by atoms with Crippen molar-refractivity contribution < 1.29 is 9.53 Å². The minimum Gasteiger partial charge on any atom is -0.493 e. The third-order valence-electron chi connectivity index (χ3n) is 7.96. The number of allylic oxidation sites excluding steroid dienone is 2. The molecule has 3 unspecified atom stereocenters. The van der Waals surface area contributed by atoms with Crippen LogP contribution in [0.1, 0.15) is 68.3 Å². The summed E-state index contributed by atoms with van der Waals surface area (Å²) in [5, 5.41) is 19.9. The number of nitrogens with one attached hydrogen (secondary N) is 3. The summed E-state index contributed by atoms with van der Waals surface area (Å²) >= 11 is 6.58. The molecule has 0 bridgehead atoms. The molecule has 2 aromatic rings. The number of hydrogen-bond donors (Lipinski definition) is 3. The number of hydrogen-bond acceptors (Lipinski definition) is 5.